The van der Waals surface area contributed by atoms with Gasteiger partial charge in [-0.1, -0.05) is 18.2 Å². The molecule has 0 atom stereocenters. The van der Waals surface area contributed by atoms with Crippen molar-refractivity contribution in [2.45, 2.75) is 6.42 Å². The lowest BCUT2D eigenvalue weighted by Crippen LogP contribution is -2.15. The Morgan fingerprint density at radius 1 is 1.15 bits per heavy atom. The number of thiazole rings is 1. The van der Waals surface area contributed by atoms with Crippen molar-refractivity contribution >= 4 is 22.4 Å². The average Bonchev–Trinajstić information content (AvgIpc) is 3.31. The molecule has 2 aromatic carbocycles. The van der Waals surface area contributed by atoms with Gasteiger partial charge < -0.3 is 19.5 Å². The van der Waals surface area contributed by atoms with Crippen molar-refractivity contribution in [3.05, 3.63) is 53.9 Å². The van der Waals surface area contributed by atoms with E-state index in [9.17, 15) is 4.79 Å². The highest BCUT2D eigenvalue weighted by atomic mass is 32.1. The first-order valence-corrected chi connectivity index (χ1v) is 8.99. The number of nitrogens with one attached hydrogen (secondary N) is 1. The third-order valence-electron chi connectivity index (χ3n) is 3.76. The van der Waals surface area contributed by atoms with Crippen molar-refractivity contribution in [1.29, 1.82) is 0 Å². The van der Waals surface area contributed by atoms with E-state index in [2.05, 4.69) is 10.3 Å². The van der Waals surface area contributed by atoms with E-state index in [1.165, 1.54) is 11.3 Å². The number of nitrogens with zero attached hydrogens (tertiary/aromatic N) is 1. The quantitative estimate of drug-likeness (QED) is 0.713. The number of aromatic nitrogens is 1. The molecule has 6 nitrogen and oxygen atoms in total. The van der Waals surface area contributed by atoms with Crippen LogP contribution in [0.4, 0.5) is 5.13 Å². The van der Waals surface area contributed by atoms with E-state index in [-0.39, 0.29) is 19.1 Å². The van der Waals surface area contributed by atoms with Crippen molar-refractivity contribution in [2.24, 2.45) is 0 Å². The Labute approximate surface area is 154 Å². The van der Waals surface area contributed by atoms with Crippen LogP contribution in [0.25, 0.3) is 11.3 Å². The molecule has 0 saturated heterocycles. The summed E-state index contributed by atoms with van der Waals surface area (Å²) in [6.07, 6.45) is 0.258. The largest absolute Gasteiger partial charge is 0.493 e. The van der Waals surface area contributed by atoms with E-state index in [4.69, 9.17) is 14.2 Å². The summed E-state index contributed by atoms with van der Waals surface area (Å²) in [6, 6.07) is 15.1. The molecular formula is C19H16N2O4S. The number of ether oxygens (including phenoxy) is 3. The molecule has 4 rings (SSSR count). The minimum atomic E-state index is -0.132. The van der Waals surface area contributed by atoms with Gasteiger partial charge in [0, 0.05) is 10.9 Å². The van der Waals surface area contributed by atoms with E-state index in [1.54, 1.807) is 0 Å². The Hall–Kier alpha value is -3.06. The molecule has 1 aliphatic rings. The number of rotatable bonds is 6. The SMILES string of the molecule is O=C(CCOc1ccccc1)Nc1nc(-c2ccc3c(c2)OCO3)cs1. The maximum absolute atomic E-state index is 12.0. The summed E-state index contributed by atoms with van der Waals surface area (Å²) in [5.74, 6) is 2.06. The van der Waals surface area contributed by atoms with Crippen LogP contribution < -0.4 is 19.5 Å². The van der Waals surface area contributed by atoms with E-state index < -0.39 is 0 Å². The second kappa shape index (κ2) is 7.45. The van der Waals surface area contributed by atoms with Crippen LogP contribution in [-0.2, 0) is 4.79 Å². The monoisotopic (exact) mass is 368 g/mol. The van der Waals surface area contributed by atoms with Crippen LogP contribution in [0.2, 0.25) is 0 Å². The highest BCUT2D eigenvalue weighted by Crippen LogP contribution is 2.36. The molecule has 3 aromatic rings. The molecule has 132 valence electrons. The summed E-state index contributed by atoms with van der Waals surface area (Å²) in [4.78, 5) is 16.5. The van der Waals surface area contributed by atoms with Crippen molar-refractivity contribution in [2.75, 3.05) is 18.7 Å². The smallest absolute Gasteiger partial charge is 0.231 e. The van der Waals surface area contributed by atoms with Crippen LogP contribution in [0.1, 0.15) is 6.42 Å². The number of carbonyl (C=O) groups is 1. The summed E-state index contributed by atoms with van der Waals surface area (Å²) >= 11 is 1.38. The van der Waals surface area contributed by atoms with Gasteiger partial charge in [-0.05, 0) is 30.3 Å². The van der Waals surface area contributed by atoms with Crippen LogP contribution in [0, 0.1) is 0 Å². The van der Waals surface area contributed by atoms with Crippen molar-refractivity contribution < 1.29 is 19.0 Å². The first kappa shape index (κ1) is 16.4. The molecule has 0 aliphatic carbocycles. The molecule has 0 spiro atoms. The molecule has 0 radical (unpaired) electrons. The lowest BCUT2D eigenvalue weighted by Gasteiger charge is -2.05. The van der Waals surface area contributed by atoms with Gasteiger partial charge in [0.1, 0.15) is 5.75 Å². The molecule has 0 fully saturated rings. The molecular weight excluding hydrogens is 352 g/mol. The molecule has 1 aromatic heterocycles. The third-order valence-corrected chi connectivity index (χ3v) is 4.52. The van der Waals surface area contributed by atoms with Crippen LogP contribution in [0.15, 0.2) is 53.9 Å². The molecule has 1 N–H and O–H groups in total. The maximum atomic E-state index is 12.0. The lowest BCUT2D eigenvalue weighted by molar-refractivity contribution is -0.116. The minimum absolute atomic E-state index is 0.132. The van der Waals surface area contributed by atoms with Crippen molar-refractivity contribution in [3.8, 4) is 28.5 Å². The van der Waals surface area contributed by atoms with Gasteiger partial charge in [-0.2, -0.15) is 0 Å². The number of hydrogen-bond acceptors (Lipinski definition) is 6. The fraction of sp³-hybridized carbons (Fsp3) is 0.158. The fourth-order valence-electron chi connectivity index (χ4n) is 2.48. The van der Waals surface area contributed by atoms with E-state index >= 15 is 0 Å². The van der Waals surface area contributed by atoms with Gasteiger partial charge in [0.05, 0.1) is 18.7 Å². The van der Waals surface area contributed by atoms with Gasteiger partial charge in [-0.25, -0.2) is 4.98 Å². The molecule has 0 bridgehead atoms. The maximum Gasteiger partial charge on any atom is 0.231 e. The molecule has 26 heavy (non-hydrogen) atoms. The number of para-hydroxylation sites is 1. The van der Waals surface area contributed by atoms with Gasteiger partial charge >= 0.3 is 0 Å². The summed E-state index contributed by atoms with van der Waals surface area (Å²) < 4.78 is 16.2. The first-order chi connectivity index (χ1) is 12.8. The van der Waals surface area contributed by atoms with Crippen LogP contribution in [0.5, 0.6) is 17.2 Å². The Morgan fingerprint density at radius 3 is 2.88 bits per heavy atom. The molecule has 0 unspecified atom stereocenters. The zero-order valence-corrected chi connectivity index (χ0v) is 14.6. The van der Waals surface area contributed by atoms with E-state index in [0.717, 1.165) is 22.8 Å². The number of carbonyl (C=O) groups excluding carboxylic acids is 1. The molecule has 1 amide bonds. The fourth-order valence-corrected chi connectivity index (χ4v) is 3.22. The number of benzene rings is 2. The molecule has 2 heterocycles. The van der Waals surface area contributed by atoms with Gasteiger partial charge in [-0.15, -0.1) is 11.3 Å². The molecule has 7 heteroatoms. The summed E-state index contributed by atoms with van der Waals surface area (Å²) in [5, 5.41) is 5.26. The van der Waals surface area contributed by atoms with E-state index in [0.29, 0.717) is 17.5 Å². The minimum Gasteiger partial charge on any atom is -0.493 e. The van der Waals surface area contributed by atoms with Crippen LogP contribution in [-0.4, -0.2) is 24.3 Å². The summed E-state index contributed by atoms with van der Waals surface area (Å²) in [6.45, 7) is 0.554. The number of fused-ring (bicyclic) bond motifs is 1. The number of amides is 1. The summed E-state index contributed by atoms with van der Waals surface area (Å²) in [5.41, 5.74) is 1.70. The first-order valence-electron chi connectivity index (χ1n) is 8.11. The molecule has 1 aliphatic heterocycles. The van der Waals surface area contributed by atoms with Crippen LogP contribution in [0.3, 0.4) is 0 Å². The van der Waals surface area contributed by atoms with Crippen molar-refractivity contribution in [1.82, 2.24) is 4.98 Å². The standard InChI is InChI=1S/C19H16N2O4S/c22-18(8-9-23-14-4-2-1-3-5-14)21-19-20-15(11-26-19)13-6-7-16-17(10-13)25-12-24-16/h1-7,10-11H,8-9,12H2,(H,20,21,22). The van der Waals surface area contributed by atoms with Gasteiger partial charge in [0.25, 0.3) is 0 Å². The molecule has 0 saturated carbocycles. The second-order valence-corrected chi connectivity index (χ2v) is 6.42. The highest BCUT2D eigenvalue weighted by molar-refractivity contribution is 7.14. The highest BCUT2D eigenvalue weighted by Gasteiger charge is 2.15. The predicted octanol–water partition coefficient (Wildman–Crippen LogP) is 3.95. The zero-order valence-electron chi connectivity index (χ0n) is 13.8. The zero-order chi connectivity index (χ0) is 17.8. The Balaban J connectivity index is 1.32. The number of anilines is 1. The van der Waals surface area contributed by atoms with Gasteiger partial charge in [0.15, 0.2) is 16.6 Å². The Kier molecular flexibility index (Phi) is 4.70. The normalized spacial score (nSPS) is 12.0. The van der Waals surface area contributed by atoms with Crippen molar-refractivity contribution in [3.63, 3.8) is 0 Å². The predicted molar refractivity (Wildman–Crippen MR) is 98.9 cm³/mol. The van der Waals surface area contributed by atoms with Gasteiger partial charge in [0.2, 0.25) is 12.7 Å². The van der Waals surface area contributed by atoms with Gasteiger partial charge in [-0.3, -0.25) is 4.79 Å². The Bertz CT molecular complexity index is 911. The third kappa shape index (κ3) is 3.78. The number of hydrogen-bond donors (Lipinski definition) is 1. The lowest BCUT2D eigenvalue weighted by atomic mass is 10.1. The van der Waals surface area contributed by atoms with E-state index in [1.807, 2.05) is 53.9 Å². The second-order valence-electron chi connectivity index (χ2n) is 5.57. The average molecular weight is 368 g/mol. The topological polar surface area (TPSA) is 69.7 Å². The van der Waals surface area contributed by atoms with Crippen LogP contribution >= 0.6 is 11.3 Å². The summed E-state index contributed by atoms with van der Waals surface area (Å²) in [7, 11) is 0. The Morgan fingerprint density at radius 2 is 2.00 bits per heavy atom.